The van der Waals surface area contributed by atoms with Crippen molar-refractivity contribution in [2.45, 2.75) is 31.9 Å². The number of pyridine rings is 1. The Morgan fingerprint density at radius 2 is 2.00 bits per heavy atom. The number of hydrogen-bond donors (Lipinski definition) is 2. The highest BCUT2D eigenvalue weighted by Crippen LogP contribution is 2.38. The first-order chi connectivity index (χ1) is 12.5. The summed E-state index contributed by atoms with van der Waals surface area (Å²) in [4.78, 5) is 17.1. The van der Waals surface area contributed by atoms with Crippen LogP contribution in [-0.2, 0) is 0 Å². The molecule has 3 rings (SSSR count). The van der Waals surface area contributed by atoms with E-state index in [0.717, 1.165) is 11.1 Å². The van der Waals surface area contributed by atoms with Crippen molar-refractivity contribution in [3.05, 3.63) is 53.2 Å². The van der Waals surface area contributed by atoms with E-state index in [1.807, 2.05) is 19.1 Å². The zero-order chi connectivity index (χ0) is 18.7. The van der Waals surface area contributed by atoms with Crippen molar-refractivity contribution < 1.29 is 19.4 Å². The number of amides is 1. The van der Waals surface area contributed by atoms with Gasteiger partial charge in [0.2, 0.25) is 5.88 Å². The molecule has 1 aromatic heterocycles. The van der Waals surface area contributed by atoms with Gasteiger partial charge >= 0.3 is 0 Å². The van der Waals surface area contributed by atoms with Crippen molar-refractivity contribution in [2.24, 2.45) is 5.92 Å². The lowest BCUT2D eigenvalue weighted by Gasteiger charge is -2.38. The summed E-state index contributed by atoms with van der Waals surface area (Å²) in [6, 6.07) is 8.89. The minimum Gasteiger partial charge on any atom is -0.496 e. The number of hydrogen-bond acceptors (Lipinski definition) is 5. The molecule has 0 radical (unpaired) electrons. The van der Waals surface area contributed by atoms with Gasteiger partial charge in [0.1, 0.15) is 5.75 Å². The Kier molecular flexibility index (Phi) is 5.42. The highest BCUT2D eigenvalue weighted by Gasteiger charge is 2.36. The van der Waals surface area contributed by atoms with Gasteiger partial charge in [-0.05, 0) is 43.4 Å². The van der Waals surface area contributed by atoms with Gasteiger partial charge < -0.3 is 19.9 Å². The maximum absolute atomic E-state index is 12.9. The SMILES string of the molecule is COc1ccc(C(NC(=O)c2cccc(OC)c2C)C2CC(O)C2)cn1. The predicted molar refractivity (Wildman–Crippen MR) is 97.5 cm³/mol. The lowest BCUT2D eigenvalue weighted by Crippen LogP contribution is -2.41. The summed E-state index contributed by atoms with van der Waals surface area (Å²) in [7, 11) is 3.15. The number of aliphatic hydroxyl groups excluding tert-OH is 1. The van der Waals surface area contributed by atoms with Crippen molar-refractivity contribution >= 4 is 5.91 Å². The molecule has 138 valence electrons. The summed E-state index contributed by atoms with van der Waals surface area (Å²) >= 11 is 0. The molecule has 6 nitrogen and oxygen atoms in total. The summed E-state index contributed by atoms with van der Waals surface area (Å²) in [5, 5.41) is 12.8. The van der Waals surface area contributed by atoms with E-state index in [1.165, 1.54) is 0 Å². The molecule has 0 bridgehead atoms. The zero-order valence-corrected chi connectivity index (χ0v) is 15.2. The van der Waals surface area contributed by atoms with E-state index in [1.54, 1.807) is 38.6 Å². The molecular formula is C20H24N2O4. The topological polar surface area (TPSA) is 80.7 Å². The lowest BCUT2D eigenvalue weighted by atomic mass is 9.75. The van der Waals surface area contributed by atoms with Crippen LogP contribution in [0.3, 0.4) is 0 Å². The smallest absolute Gasteiger partial charge is 0.252 e. The second-order valence-corrected chi connectivity index (χ2v) is 6.60. The van der Waals surface area contributed by atoms with E-state index in [9.17, 15) is 9.90 Å². The third-order valence-electron chi connectivity index (χ3n) is 4.98. The Labute approximate surface area is 153 Å². The van der Waals surface area contributed by atoms with Gasteiger partial charge in [0.15, 0.2) is 0 Å². The fraction of sp³-hybridized carbons (Fsp3) is 0.400. The Hall–Kier alpha value is -2.60. The number of methoxy groups -OCH3 is 2. The molecule has 0 saturated heterocycles. The van der Waals surface area contributed by atoms with Gasteiger partial charge in [-0.2, -0.15) is 0 Å². The number of rotatable bonds is 6. The molecule has 1 fully saturated rings. The van der Waals surface area contributed by atoms with Crippen LogP contribution in [0.1, 0.15) is 40.4 Å². The van der Waals surface area contributed by atoms with E-state index in [-0.39, 0.29) is 24.0 Å². The van der Waals surface area contributed by atoms with Crippen LogP contribution in [0, 0.1) is 12.8 Å². The summed E-state index contributed by atoms with van der Waals surface area (Å²) < 4.78 is 10.4. The highest BCUT2D eigenvalue weighted by molar-refractivity contribution is 5.96. The van der Waals surface area contributed by atoms with Crippen molar-refractivity contribution in [3.63, 3.8) is 0 Å². The number of nitrogens with zero attached hydrogens (tertiary/aromatic N) is 1. The molecule has 1 aliphatic carbocycles. The van der Waals surface area contributed by atoms with E-state index in [0.29, 0.717) is 30.0 Å². The van der Waals surface area contributed by atoms with E-state index in [2.05, 4.69) is 10.3 Å². The standard InChI is InChI=1S/C20H24N2O4/c1-12-16(5-4-6-17(12)25-2)20(24)22-19(14-9-15(23)10-14)13-7-8-18(26-3)21-11-13/h4-8,11,14-15,19,23H,9-10H2,1-3H3,(H,22,24). The predicted octanol–water partition coefficient (Wildman–Crippen LogP) is 2.65. The van der Waals surface area contributed by atoms with Gasteiger partial charge in [0.05, 0.1) is 26.4 Å². The van der Waals surface area contributed by atoms with Crippen LogP contribution >= 0.6 is 0 Å². The third kappa shape index (κ3) is 3.65. The molecule has 1 amide bonds. The molecule has 2 aromatic rings. The number of benzene rings is 1. The number of carbonyl (C=O) groups is 1. The number of nitrogens with one attached hydrogen (secondary N) is 1. The highest BCUT2D eigenvalue weighted by atomic mass is 16.5. The average Bonchev–Trinajstić information content (AvgIpc) is 2.64. The van der Waals surface area contributed by atoms with Crippen LogP contribution < -0.4 is 14.8 Å². The molecule has 26 heavy (non-hydrogen) atoms. The second kappa shape index (κ2) is 7.74. The summed E-state index contributed by atoms with van der Waals surface area (Å²) in [5.74, 6) is 1.22. The second-order valence-electron chi connectivity index (χ2n) is 6.60. The maximum atomic E-state index is 12.9. The first kappa shape index (κ1) is 18.2. The van der Waals surface area contributed by atoms with Crippen molar-refractivity contribution in [1.29, 1.82) is 0 Å². The maximum Gasteiger partial charge on any atom is 0.252 e. The third-order valence-corrected chi connectivity index (χ3v) is 4.98. The van der Waals surface area contributed by atoms with Gasteiger partial charge in [0.25, 0.3) is 5.91 Å². The van der Waals surface area contributed by atoms with Crippen LogP contribution in [-0.4, -0.2) is 36.3 Å². The molecular weight excluding hydrogens is 332 g/mol. The molecule has 1 atom stereocenters. The normalized spacial score (nSPS) is 20.0. The van der Waals surface area contributed by atoms with Crippen molar-refractivity contribution in [3.8, 4) is 11.6 Å². The van der Waals surface area contributed by atoms with Gasteiger partial charge in [-0.3, -0.25) is 4.79 Å². The quantitative estimate of drug-likeness (QED) is 0.832. The molecule has 0 aliphatic heterocycles. The molecule has 1 aliphatic rings. The lowest BCUT2D eigenvalue weighted by molar-refractivity contribution is 0.0234. The molecule has 1 saturated carbocycles. The molecule has 2 N–H and O–H groups in total. The first-order valence-electron chi connectivity index (χ1n) is 8.66. The van der Waals surface area contributed by atoms with Crippen molar-refractivity contribution in [1.82, 2.24) is 10.3 Å². The van der Waals surface area contributed by atoms with Gasteiger partial charge in [-0.1, -0.05) is 12.1 Å². The summed E-state index contributed by atoms with van der Waals surface area (Å²) in [5.41, 5.74) is 2.28. The summed E-state index contributed by atoms with van der Waals surface area (Å²) in [6.45, 7) is 1.87. The largest absolute Gasteiger partial charge is 0.496 e. The van der Waals surface area contributed by atoms with Gasteiger partial charge in [-0.15, -0.1) is 0 Å². The van der Waals surface area contributed by atoms with E-state index >= 15 is 0 Å². The van der Waals surface area contributed by atoms with Crippen LogP contribution in [0.15, 0.2) is 36.5 Å². The Bertz CT molecular complexity index is 770. The van der Waals surface area contributed by atoms with E-state index < -0.39 is 0 Å². The molecule has 6 heteroatoms. The monoisotopic (exact) mass is 356 g/mol. The number of aliphatic hydroxyl groups is 1. The summed E-state index contributed by atoms with van der Waals surface area (Å²) in [6.07, 6.45) is 2.74. The van der Waals surface area contributed by atoms with Gasteiger partial charge in [-0.25, -0.2) is 4.98 Å². The Balaban J connectivity index is 1.84. The van der Waals surface area contributed by atoms with Crippen LogP contribution in [0.5, 0.6) is 11.6 Å². The minimum absolute atomic E-state index is 0.163. The molecule has 1 heterocycles. The Morgan fingerprint density at radius 1 is 1.23 bits per heavy atom. The minimum atomic E-state index is -0.302. The molecule has 1 unspecified atom stereocenters. The number of carbonyl (C=O) groups excluding carboxylic acids is 1. The van der Waals surface area contributed by atoms with Crippen LogP contribution in [0.4, 0.5) is 0 Å². The zero-order valence-electron chi connectivity index (χ0n) is 15.2. The van der Waals surface area contributed by atoms with Crippen LogP contribution in [0.25, 0.3) is 0 Å². The molecule has 1 aromatic carbocycles. The fourth-order valence-electron chi connectivity index (χ4n) is 3.37. The first-order valence-corrected chi connectivity index (χ1v) is 8.66. The number of aromatic nitrogens is 1. The van der Waals surface area contributed by atoms with E-state index in [4.69, 9.17) is 9.47 Å². The Morgan fingerprint density at radius 3 is 2.58 bits per heavy atom. The molecule has 0 spiro atoms. The fourth-order valence-corrected chi connectivity index (χ4v) is 3.37. The van der Waals surface area contributed by atoms with Crippen LogP contribution in [0.2, 0.25) is 0 Å². The average molecular weight is 356 g/mol. The van der Waals surface area contributed by atoms with Gasteiger partial charge in [0, 0.05) is 23.4 Å². The number of ether oxygens (including phenoxy) is 2. The van der Waals surface area contributed by atoms with Crippen molar-refractivity contribution in [2.75, 3.05) is 14.2 Å².